The summed E-state index contributed by atoms with van der Waals surface area (Å²) in [6.45, 7) is 3.91. The highest BCUT2D eigenvalue weighted by Crippen LogP contribution is 2.29. The van der Waals surface area contributed by atoms with Crippen LogP contribution in [0.5, 0.6) is 0 Å². The van der Waals surface area contributed by atoms with Crippen molar-refractivity contribution >= 4 is 28.6 Å². The van der Waals surface area contributed by atoms with Crippen LogP contribution < -0.4 is 0 Å². The molecule has 2 aromatic heterocycles. The van der Waals surface area contributed by atoms with Crippen LogP contribution in [-0.4, -0.2) is 52.9 Å². The number of piperidine rings is 1. The Morgan fingerprint density at radius 3 is 3.05 bits per heavy atom. The topological polar surface area (TPSA) is 36.4 Å². The summed E-state index contributed by atoms with van der Waals surface area (Å²) in [5.41, 5.74) is 0.609. The number of fused-ring (bicyclic) bond motifs is 1. The molecule has 4 heterocycles. The van der Waals surface area contributed by atoms with Gasteiger partial charge in [-0.25, -0.2) is 4.98 Å². The summed E-state index contributed by atoms with van der Waals surface area (Å²) in [4.78, 5) is 23.0. The highest BCUT2D eigenvalue weighted by atomic mass is 32.1. The number of carbonyl (C=O) groups excluding carboxylic acids is 1. The van der Waals surface area contributed by atoms with Crippen molar-refractivity contribution in [1.82, 2.24) is 14.8 Å². The van der Waals surface area contributed by atoms with Crippen molar-refractivity contribution < 1.29 is 4.79 Å². The molecule has 0 aromatic carbocycles. The number of thiazole rings is 1. The monoisotopic (exact) mass is 333 g/mol. The molecular weight excluding hydrogens is 314 g/mol. The molecule has 1 atom stereocenters. The highest BCUT2D eigenvalue weighted by molar-refractivity contribution is 7.20. The van der Waals surface area contributed by atoms with Crippen molar-refractivity contribution in [3.05, 3.63) is 28.6 Å². The maximum atomic E-state index is 12.7. The Bertz CT molecular complexity index is 652. The second kappa shape index (κ2) is 6.10. The fourth-order valence-electron chi connectivity index (χ4n) is 3.39. The van der Waals surface area contributed by atoms with E-state index in [-0.39, 0.29) is 5.91 Å². The standard InChI is InChI=1S/C16H19N3OS2/c20-16(13-11-22-15(17-13)14-5-3-9-21-14)19-8-7-18-6-2-1-4-12(18)10-19/h3,5,9,11-12H,1-2,4,6-8,10H2/t12-/m1/s1. The summed E-state index contributed by atoms with van der Waals surface area (Å²) in [6, 6.07) is 4.63. The first-order valence-electron chi connectivity index (χ1n) is 7.84. The van der Waals surface area contributed by atoms with Gasteiger partial charge >= 0.3 is 0 Å². The van der Waals surface area contributed by atoms with Crippen LogP contribution in [0.2, 0.25) is 0 Å². The first kappa shape index (κ1) is 14.4. The van der Waals surface area contributed by atoms with Gasteiger partial charge < -0.3 is 4.90 Å². The number of rotatable bonds is 2. The molecule has 2 aliphatic heterocycles. The Morgan fingerprint density at radius 1 is 1.23 bits per heavy atom. The van der Waals surface area contributed by atoms with E-state index in [4.69, 9.17) is 0 Å². The molecule has 0 saturated carbocycles. The number of thiophene rings is 1. The molecule has 22 heavy (non-hydrogen) atoms. The maximum absolute atomic E-state index is 12.7. The average Bonchev–Trinajstić information content (AvgIpc) is 3.24. The quantitative estimate of drug-likeness (QED) is 0.847. The zero-order chi connectivity index (χ0) is 14.9. The van der Waals surface area contributed by atoms with Gasteiger partial charge in [0.05, 0.1) is 4.88 Å². The van der Waals surface area contributed by atoms with E-state index in [1.165, 1.54) is 25.8 Å². The summed E-state index contributed by atoms with van der Waals surface area (Å²) < 4.78 is 0. The molecule has 1 amide bonds. The molecule has 6 heteroatoms. The number of nitrogens with zero attached hydrogens (tertiary/aromatic N) is 3. The lowest BCUT2D eigenvalue weighted by atomic mass is 9.99. The zero-order valence-electron chi connectivity index (χ0n) is 12.4. The van der Waals surface area contributed by atoms with Gasteiger partial charge in [-0.3, -0.25) is 9.69 Å². The summed E-state index contributed by atoms with van der Waals surface area (Å²) >= 11 is 3.23. The first-order chi connectivity index (χ1) is 10.8. The molecule has 0 bridgehead atoms. The number of carbonyl (C=O) groups is 1. The molecule has 4 rings (SSSR count). The van der Waals surface area contributed by atoms with Crippen LogP contribution in [0.15, 0.2) is 22.9 Å². The third-order valence-electron chi connectivity index (χ3n) is 4.58. The van der Waals surface area contributed by atoms with E-state index in [1.807, 2.05) is 21.7 Å². The maximum Gasteiger partial charge on any atom is 0.273 e. The largest absolute Gasteiger partial charge is 0.334 e. The molecule has 4 nitrogen and oxygen atoms in total. The van der Waals surface area contributed by atoms with Crippen LogP contribution in [0.25, 0.3) is 9.88 Å². The SMILES string of the molecule is O=C(c1csc(-c2cccs2)n1)N1CCN2CCCC[C@@H]2C1. The predicted molar refractivity (Wildman–Crippen MR) is 90.5 cm³/mol. The Morgan fingerprint density at radius 2 is 2.18 bits per heavy atom. The van der Waals surface area contributed by atoms with E-state index in [2.05, 4.69) is 16.0 Å². The minimum absolute atomic E-state index is 0.101. The van der Waals surface area contributed by atoms with Gasteiger partial charge in [0.25, 0.3) is 5.91 Å². The van der Waals surface area contributed by atoms with Gasteiger partial charge in [-0.2, -0.15) is 0 Å². The summed E-state index contributed by atoms with van der Waals surface area (Å²) in [7, 11) is 0. The molecular formula is C16H19N3OS2. The minimum atomic E-state index is 0.101. The normalized spacial score (nSPS) is 22.5. The number of hydrogen-bond acceptors (Lipinski definition) is 5. The fourth-order valence-corrected chi connectivity index (χ4v) is 5.00. The van der Waals surface area contributed by atoms with Crippen molar-refractivity contribution in [2.45, 2.75) is 25.3 Å². The van der Waals surface area contributed by atoms with Gasteiger partial charge in [-0.15, -0.1) is 22.7 Å². The van der Waals surface area contributed by atoms with Gasteiger partial charge in [0.1, 0.15) is 10.7 Å². The predicted octanol–water partition coefficient (Wildman–Crippen LogP) is 3.18. The number of aromatic nitrogens is 1. The zero-order valence-corrected chi connectivity index (χ0v) is 14.0. The van der Waals surface area contributed by atoms with E-state index in [0.29, 0.717) is 11.7 Å². The van der Waals surface area contributed by atoms with Gasteiger partial charge in [-0.1, -0.05) is 12.5 Å². The molecule has 2 aliphatic rings. The summed E-state index contributed by atoms with van der Waals surface area (Å²) in [5.74, 6) is 0.101. The number of amides is 1. The fraction of sp³-hybridized carbons (Fsp3) is 0.500. The second-order valence-corrected chi connectivity index (χ2v) is 7.76. The minimum Gasteiger partial charge on any atom is -0.334 e. The Balaban J connectivity index is 1.48. The van der Waals surface area contributed by atoms with Crippen molar-refractivity contribution in [3.63, 3.8) is 0 Å². The molecule has 0 radical (unpaired) electrons. The lowest BCUT2D eigenvalue weighted by Gasteiger charge is -2.43. The third kappa shape index (κ3) is 2.71. The van der Waals surface area contributed by atoms with Crippen molar-refractivity contribution in [2.24, 2.45) is 0 Å². The molecule has 2 fully saturated rings. The van der Waals surface area contributed by atoms with E-state index in [1.54, 1.807) is 22.7 Å². The van der Waals surface area contributed by atoms with Gasteiger partial charge in [0.2, 0.25) is 0 Å². The molecule has 0 spiro atoms. The molecule has 0 N–H and O–H groups in total. The lowest BCUT2D eigenvalue weighted by molar-refractivity contribution is 0.0369. The Kier molecular flexibility index (Phi) is 3.98. The van der Waals surface area contributed by atoms with E-state index in [9.17, 15) is 4.79 Å². The smallest absolute Gasteiger partial charge is 0.273 e. The molecule has 2 aromatic rings. The van der Waals surface area contributed by atoms with E-state index < -0.39 is 0 Å². The first-order valence-corrected chi connectivity index (χ1v) is 9.60. The number of piperazine rings is 1. The molecule has 0 unspecified atom stereocenters. The van der Waals surface area contributed by atoms with Crippen molar-refractivity contribution in [2.75, 3.05) is 26.2 Å². The summed E-state index contributed by atoms with van der Waals surface area (Å²) in [6.07, 6.45) is 3.82. The van der Waals surface area contributed by atoms with Crippen LogP contribution >= 0.6 is 22.7 Å². The Labute approximate surface area is 138 Å². The molecule has 2 saturated heterocycles. The second-order valence-electron chi connectivity index (χ2n) is 5.95. The third-order valence-corrected chi connectivity index (χ3v) is 6.46. The van der Waals surface area contributed by atoms with E-state index in [0.717, 1.165) is 29.5 Å². The van der Waals surface area contributed by atoms with Crippen LogP contribution in [-0.2, 0) is 0 Å². The van der Waals surface area contributed by atoms with Crippen LogP contribution in [0.3, 0.4) is 0 Å². The van der Waals surface area contributed by atoms with Gasteiger partial charge in [-0.05, 0) is 30.8 Å². The highest BCUT2D eigenvalue weighted by Gasteiger charge is 2.32. The number of hydrogen-bond donors (Lipinski definition) is 0. The summed E-state index contributed by atoms with van der Waals surface area (Å²) in [5, 5.41) is 4.90. The average molecular weight is 333 g/mol. The van der Waals surface area contributed by atoms with Crippen molar-refractivity contribution in [1.29, 1.82) is 0 Å². The van der Waals surface area contributed by atoms with Gasteiger partial charge in [0.15, 0.2) is 0 Å². The van der Waals surface area contributed by atoms with Crippen molar-refractivity contribution in [3.8, 4) is 9.88 Å². The molecule has 116 valence electrons. The van der Waals surface area contributed by atoms with Crippen LogP contribution in [0, 0.1) is 0 Å². The Hall–Kier alpha value is -1.24. The molecule has 0 aliphatic carbocycles. The van der Waals surface area contributed by atoms with Crippen LogP contribution in [0.4, 0.5) is 0 Å². The van der Waals surface area contributed by atoms with Crippen LogP contribution in [0.1, 0.15) is 29.8 Å². The van der Waals surface area contributed by atoms with E-state index >= 15 is 0 Å². The van der Waals surface area contributed by atoms with Gasteiger partial charge in [0, 0.05) is 31.1 Å². The lowest BCUT2D eigenvalue weighted by Crippen LogP contribution is -2.56.